The standard InChI is InChI=1S/C13H18N2O3.C2H6.CH4O/c1-15-7-5-10(6-8-15)18-11-3-4-12(14-16)13(9-11)17-2;2*1-2/h3-4,9-10H,5-8H2,1-2H3;1-2H3;2H,1H3/p+1. The third-order valence-corrected chi connectivity index (χ3v) is 3.25. The first-order chi connectivity index (χ1) is 10.7. The van der Waals surface area contributed by atoms with Gasteiger partial charge in [-0.1, -0.05) is 13.8 Å². The van der Waals surface area contributed by atoms with E-state index in [9.17, 15) is 4.91 Å². The number of hydrogen-bond donors (Lipinski definition) is 2. The van der Waals surface area contributed by atoms with Gasteiger partial charge in [0.05, 0.1) is 7.11 Å². The summed E-state index contributed by atoms with van der Waals surface area (Å²) in [5, 5.41) is 8.85. The predicted octanol–water partition coefficient (Wildman–Crippen LogP) is 1.28. The Morgan fingerprint density at radius 2 is 1.82 bits per heavy atom. The van der Waals surface area contributed by atoms with Crippen LogP contribution >= 0.6 is 0 Å². The van der Waals surface area contributed by atoms with E-state index < -0.39 is 0 Å². The summed E-state index contributed by atoms with van der Waals surface area (Å²) < 4.78 is 11.0. The fourth-order valence-electron chi connectivity index (χ4n) is 2.12. The first kappa shape index (κ1) is 20.3. The van der Waals surface area contributed by atoms with Crippen LogP contribution in [0.15, 0.2) is 18.2 Å². The second-order valence-corrected chi connectivity index (χ2v) is 4.58. The van der Waals surface area contributed by atoms with Crippen LogP contribution < -0.4 is 14.7 Å². The van der Waals surface area contributed by atoms with Crippen LogP contribution in [-0.2, 0) is 0 Å². The van der Waals surface area contributed by atoms with Crippen molar-refractivity contribution in [2.45, 2.75) is 32.8 Å². The Labute approximate surface area is 133 Å². The largest absolute Gasteiger partial charge is 0.490 e. The molecular formula is C16H29N2O4+. The van der Waals surface area contributed by atoms with Crippen LogP contribution in [0.4, 0.5) is 5.69 Å². The fraction of sp³-hybridized carbons (Fsp3) is 0.625. The van der Waals surface area contributed by atoms with Crippen LogP contribution in [0.1, 0.15) is 26.7 Å². The average Bonchev–Trinajstić information content (AvgIpc) is 2.60. The lowest BCUT2D eigenvalue weighted by Crippen LogP contribution is -2.55. The second kappa shape index (κ2) is 11.9. The summed E-state index contributed by atoms with van der Waals surface area (Å²) in [6.45, 7) is 6.12. The van der Waals surface area contributed by atoms with Crippen LogP contribution in [0.5, 0.6) is 11.5 Å². The van der Waals surface area contributed by atoms with Crippen molar-refractivity contribution < 1.29 is 19.8 Å². The maximum atomic E-state index is 10.7. The van der Waals surface area contributed by atoms with E-state index in [1.165, 1.54) is 7.11 Å². The zero-order chi connectivity index (χ0) is 17.0. The van der Waals surface area contributed by atoms with Crippen molar-refractivity contribution in [1.29, 1.82) is 0 Å². The van der Waals surface area contributed by atoms with Gasteiger partial charge in [-0.25, -0.2) is 0 Å². The predicted molar refractivity (Wildman–Crippen MR) is 87.6 cm³/mol. The number of aliphatic hydroxyl groups is 1. The van der Waals surface area contributed by atoms with Crippen molar-refractivity contribution in [3.8, 4) is 11.5 Å². The molecule has 6 nitrogen and oxygen atoms in total. The number of ether oxygens (including phenoxy) is 2. The van der Waals surface area contributed by atoms with Gasteiger partial charge in [0.25, 0.3) is 5.69 Å². The summed E-state index contributed by atoms with van der Waals surface area (Å²) >= 11 is 0. The monoisotopic (exact) mass is 313 g/mol. The molecule has 0 amide bonds. The molecule has 22 heavy (non-hydrogen) atoms. The van der Waals surface area contributed by atoms with Gasteiger partial charge in [0.15, 0.2) is 5.75 Å². The van der Waals surface area contributed by atoms with Crippen molar-refractivity contribution >= 4 is 5.69 Å². The SMILES string of the molecule is CC.CO.COc1cc(OC2CCN(C)CC2)ccc1[NH+]=O. The lowest BCUT2D eigenvalue weighted by molar-refractivity contribution is -0.380. The normalized spacial score (nSPS) is 14.8. The summed E-state index contributed by atoms with van der Waals surface area (Å²) in [7, 11) is 4.66. The zero-order valence-electron chi connectivity index (χ0n) is 14.3. The van der Waals surface area contributed by atoms with Crippen LogP contribution in [0.3, 0.4) is 0 Å². The summed E-state index contributed by atoms with van der Waals surface area (Å²) in [6, 6.07) is 5.22. The molecule has 0 saturated carbocycles. The van der Waals surface area contributed by atoms with Gasteiger partial charge < -0.3 is 19.5 Å². The zero-order valence-corrected chi connectivity index (χ0v) is 14.3. The fourth-order valence-corrected chi connectivity index (χ4v) is 2.12. The Balaban J connectivity index is 0.00000102. The minimum absolute atomic E-state index is 0.247. The highest BCUT2D eigenvalue weighted by Gasteiger charge is 2.19. The number of piperidine rings is 1. The van der Waals surface area contributed by atoms with E-state index in [1.54, 1.807) is 18.2 Å². The quantitative estimate of drug-likeness (QED) is 0.876. The number of nitrogens with zero attached hydrogens (tertiary/aromatic N) is 1. The summed E-state index contributed by atoms with van der Waals surface area (Å²) in [5.74, 6) is 1.26. The number of likely N-dealkylation sites (tertiary alicyclic amines) is 1. The van der Waals surface area contributed by atoms with E-state index in [0.717, 1.165) is 38.8 Å². The highest BCUT2D eigenvalue weighted by molar-refractivity contribution is 5.49. The number of nitroso groups, excluding NO2 is 1. The number of aliphatic hydroxyl groups excluding tert-OH is 1. The van der Waals surface area contributed by atoms with E-state index in [4.69, 9.17) is 14.6 Å². The molecule has 1 aliphatic heterocycles. The smallest absolute Gasteiger partial charge is 0.295 e. The lowest BCUT2D eigenvalue weighted by atomic mass is 10.1. The Kier molecular flexibility index (Phi) is 11.0. The van der Waals surface area contributed by atoms with Gasteiger partial charge >= 0.3 is 0 Å². The van der Waals surface area contributed by atoms with E-state index in [1.807, 2.05) is 19.0 Å². The molecule has 2 rings (SSSR count). The van der Waals surface area contributed by atoms with Gasteiger partial charge in [0.1, 0.15) is 11.9 Å². The van der Waals surface area contributed by atoms with Crippen LogP contribution in [-0.4, -0.2) is 50.5 Å². The third kappa shape index (κ3) is 6.41. The van der Waals surface area contributed by atoms with Crippen LogP contribution in [0.2, 0.25) is 0 Å². The van der Waals surface area contributed by atoms with Gasteiger partial charge in [-0.2, -0.15) is 0 Å². The highest BCUT2D eigenvalue weighted by atomic mass is 16.5. The maximum Gasteiger partial charge on any atom is 0.295 e. The average molecular weight is 313 g/mol. The van der Waals surface area contributed by atoms with Gasteiger partial charge in [-0.3, -0.25) is 0 Å². The van der Waals surface area contributed by atoms with E-state index in [-0.39, 0.29) is 6.10 Å². The molecule has 0 aliphatic carbocycles. The molecule has 0 unspecified atom stereocenters. The van der Waals surface area contributed by atoms with E-state index in [0.29, 0.717) is 11.4 Å². The Bertz CT molecular complexity index is 419. The van der Waals surface area contributed by atoms with Crippen molar-refractivity contribution in [1.82, 2.24) is 4.90 Å². The molecule has 1 fully saturated rings. The second-order valence-electron chi connectivity index (χ2n) is 4.58. The van der Waals surface area contributed by atoms with E-state index in [2.05, 4.69) is 11.9 Å². The van der Waals surface area contributed by atoms with Gasteiger partial charge in [0.2, 0.25) is 0 Å². The Hall–Kier alpha value is -1.66. The minimum atomic E-state index is 0.247. The molecule has 0 spiro atoms. The third-order valence-electron chi connectivity index (χ3n) is 3.25. The summed E-state index contributed by atoms with van der Waals surface area (Å²) in [6.07, 6.45) is 2.30. The minimum Gasteiger partial charge on any atom is -0.490 e. The molecule has 0 bridgehead atoms. The van der Waals surface area contributed by atoms with Crippen LogP contribution in [0, 0.1) is 4.91 Å². The number of nitrogens with one attached hydrogen (secondary N) is 1. The summed E-state index contributed by atoms with van der Waals surface area (Å²) in [4.78, 5) is 13.0. The molecule has 0 radical (unpaired) electrons. The molecule has 1 saturated heterocycles. The molecule has 0 aromatic heterocycles. The molecule has 0 atom stereocenters. The molecule has 1 aromatic rings. The lowest BCUT2D eigenvalue weighted by Gasteiger charge is -2.29. The number of hydrogen-bond acceptors (Lipinski definition) is 5. The number of methoxy groups -OCH3 is 1. The van der Waals surface area contributed by atoms with Crippen molar-refractivity contribution in [2.75, 3.05) is 34.4 Å². The van der Waals surface area contributed by atoms with Gasteiger partial charge in [-0.15, -0.1) is 0 Å². The van der Waals surface area contributed by atoms with E-state index >= 15 is 0 Å². The first-order valence-electron chi connectivity index (χ1n) is 7.59. The van der Waals surface area contributed by atoms with Gasteiger partial charge in [-0.05, 0) is 26.0 Å². The molecule has 1 aliphatic rings. The number of benzene rings is 1. The number of rotatable bonds is 4. The Morgan fingerprint density at radius 1 is 1.23 bits per heavy atom. The molecule has 2 N–H and O–H groups in total. The van der Waals surface area contributed by atoms with Crippen LogP contribution in [0.25, 0.3) is 0 Å². The molecule has 1 heterocycles. The van der Waals surface area contributed by atoms with Crippen molar-refractivity contribution in [3.05, 3.63) is 23.1 Å². The maximum absolute atomic E-state index is 10.7. The van der Waals surface area contributed by atoms with Crippen molar-refractivity contribution in [2.24, 2.45) is 0 Å². The molecule has 126 valence electrons. The highest BCUT2D eigenvalue weighted by Crippen LogP contribution is 2.27. The summed E-state index contributed by atoms with van der Waals surface area (Å²) in [5.41, 5.74) is 0.424. The topological polar surface area (TPSA) is 73.0 Å². The molecule has 1 aromatic carbocycles. The molecular weight excluding hydrogens is 284 g/mol. The molecule has 6 heteroatoms. The van der Waals surface area contributed by atoms with Crippen molar-refractivity contribution in [3.63, 3.8) is 0 Å². The van der Waals surface area contributed by atoms with Gasteiger partial charge in [0, 0.05) is 42.4 Å². The Morgan fingerprint density at radius 3 is 2.32 bits per heavy atom. The first-order valence-corrected chi connectivity index (χ1v) is 7.59.